The number of fused-ring (bicyclic) bond motifs is 1. The van der Waals surface area contributed by atoms with Crippen molar-refractivity contribution in [3.05, 3.63) is 36.7 Å². The van der Waals surface area contributed by atoms with E-state index in [9.17, 15) is 13.2 Å². The Labute approximate surface area is 261 Å². The number of nitrogens with zero attached hydrogens (tertiary/aromatic N) is 5. The van der Waals surface area contributed by atoms with Crippen molar-refractivity contribution in [2.45, 2.75) is 76.1 Å². The van der Waals surface area contributed by atoms with Crippen molar-refractivity contribution in [1.82, 2.24) is 24.8 Å². The van der Waals surface area contributed by atoms with Gasteiger partial charge in [-0.25, -0.2) is 18.4 Å². The molecule has 3 aromatic rings. The molecular formula is C33H47N7O3S. The number of aromatic nitrogens is 3. The van der Waals surface area contributed by atoms with Crippen LogP contribution < -0.4 is 10.2 Å². The third kappa shape index (κ3) is 6.59. The molecule has 44 heavy (non-hydrogen) atoms. The average Bonchev–Trinajstić information content (AvgIpc) is 3.45. The number of carbonyl (C=O) groups is 1. The standard InChI is InChI=1S/C33H47N7O3S/c1-33(2,3)40-20-18-39(19-21-40)31(41)23-8-10-24(11-9-23)36-32-34-15-12-27(37-32)26-22-35-28-6-5-7-29(30(26)28)38-16-13-25(14-17-38)44(4,42)43/h5-7,12,15,22-25,35H,8-11,13-14,16-21H2,1-4H3,(H,34,36,37). The van der Waals surface area contributed by atoms with Crippen LogP contribution in [-0.4, -0.2) is 101 Å². The molecule has 2 saturated heterocycles. The number of H-pyrrole nitrogens is 1. The van der Waals surface area contributed by atoms with E-state index in [1.165, 1.54) is 6.26 Å². The molecule has 0 radical (unpaired) electrons. The molecule has 0 unspecified atom stereocenters. The summed E-state index contributed by atoms with van der Waals surface area (Å²) < 4.78 is 24.2. The topological polar surface area (TPSA) is 115 Å². The number of aromatic amines is 1. The number of piperidine rings is 1. The first-order valence-electron chi connectivity index (χ1n) is 16.1. The van der Waals surface area contributed by atoms with Crippen LogP contribution in [0.5, 0.6) is 0 Å². The molecule has 0 atom stereocenters. The summed E-state index contributed by atoms with van der Waals surface area (Å²) in [5, 5.41) is 4.39. The highest BCUT2D eigenvalue weighted by molar-refractivity contribution is 7.91. The summed E-state index contributed by atoms with van der Waals surface area (Å²) in [5.74, 6) is 1.04. The van der Waals surface area contributed by atoms with Gasteiger partial charge in [0.2, 0.25) is 11.9 Å². The Hall–Kier alpha value is -3.18. The van der Waals surface area contributed by atoms with Crippen LogP contribution >= 0.6 is 0 Å². The minimum absolute atomic E-state index is 0.105. The molecule has 6 rings (SSSR count). The summed E-state index contributed by atoms with van der Waals surface area (Å²) in [6.07, 6.45) is 10.0. The van der Waals surface area contributed by atoms with Crippen molar-refractivity contribution in [3.8, 4) is 11.3 Å². The fourth-order valence-electron chi connectivity index (χ4n) is 7.26. The molecule has 2 aliphatic heterocycles. The van der Waals surface area contributed by atoms with Crippen LogP contribution in [0.2, 0.25) is 0 Å². The first-order valence-corrected chi connectivity index (χ1v) is 18.1. The summed E-state index contributed by atoms with van der Waals surface area (Å²) >= 11 is 0. The Balaban J connectivity index is 1.09. The highest BCUT2D eigenvalue weighted by Gasteiger charge is 2.33. The molecule has 11 heteroatoms. The largest absolute Gasteiger partial charge is 0.371 e. The van der Waals surface area contributed by atoms with Crippen LogP contribution in [0.3, 0.4) is 0 Å². The van der Waals surface area contributed by atoms with Crippen LogP contribution in [0.4, 0.5) is 11.6 Å². The lowest BCUT2D eigenvalue weighted by molar-refractivity contribution is -0.139. The van der Waals surface area contributed by atoms with Gasteiger partial charge in [0.05, 0.1) is 10.9 Å². The van der Waals surface area contributed by atoms with E-state index in [0.717, 1.165) is 79.7 Å². The molecule has 1 amide bonds. The molecule has 2 aromatic heterocycles. The van der Waals surface area contributed by atoms with Gasteiger partial charge in [0, 0.05) is 97.6 Å². The minimum atomic E-state index is -3.03. The van der Waals surface area contributed by atoms with Gasteiger partial charge in [0.25, 0.3) is 0 Å². The molecule has 1 aromatic carbocycles. The molecule has 238 valence electrons. The van der Waals surface area contributed by atoms with Crippen molar-refractivity contribution in [3.63, 3.8) is 0 Å². The predicted molar refractivity (Wildman–Crippen MR) is 177 cm³/mol. The van der Waals surface area contributed by atoms with Gasteiger partial charge in [-0.05, 0) is 77.5 Å². The van der Waals surface area contributed by atoms with Crippen molar-refractivity contribution < 1.29 is 13.2 Å². The van der Waals surface area contributed by atoms with E-state index in [1.807, 2.05) is 18.3 Å². The van der Waals surface area contributed by atoms with Gasteiger partial charge in [-0.15, -0.1) is 0 Å². The van der Waals surface area contributed by atoms with E-state index >= 15 is 0 Å². The SMILES string of the molecule is CC(C)(C)N1CCN(C(=O)C2CCC(Nc3nccc(-c4c[nH]c5cccc(N6CCC(S(C)(=O)=O)CC6)c45)n3)CC2)CC1. The summed E-state index contributed by atoms with van der Waals surface area (Å²) in [5.41, 5.74) is 4.12. The molecule has 3 fully saturated rings. The number of nitrogens with one attached hydrogen (secondary N) is 2. The van der Waals surface area contributed by atoms with Gasteiger partial charge in [-0.1, -0.05) is 6.07 Å². The Morgan fingerprint density at radius 2 is 1.66 bits per heavy atom. The highest BCUT2D eigenvalue weighted by Crippen LogP contribution is 2.37. The molecule has 10 nitrogen and oxygen atoms in total. The summed E-state index contributed by atoms with van der Waals surface area (Å²) in [4.78, 5) is 33.0. The molecular weight excluding hydrogens is 574 g/mol. The van der Waals surface area contributed by atoms with Crippen molar-refractivity contribution in [1.29, 1.82) is 0 Å². The number of sulfone groups is 1. The number of rotatable bonds is 6. The monoisotopic (exact) mass is 621 g/mol. The summed E-state index contributed by atoms with van der Waals surface area (Å²) in [7, 11) is -3.03. The lowest BCUT2D eigenvalue weighted by Crippen LogP contribution is -2.55. The molecule has 1 aliphatic carbocycles. The Morgan fingerprint density at radius 1 is 0.955 bits per heavy atom. The average molecular weight is 622 g/mol. The number of amides is 1. The Bertz CT molecular complexity index is 1570. The van der Waals surface area contributed by atoms with E-state index < -0.39 is 9.84 Å². The first kappa shape index (κ1) is 30.8. The van der Waals surface area contributed by atoms with E-state index in [2.05, 4.69) is 62.9 Å². The van der Waals surface area contributed by atoms with Crippen LogP contribution in [0, 0.1) is 5.92 Å². The number of benzene rings is 1. The molecule has 0 bridgehead atoms. The van der Waals surface area contributed by atoms with Gasteiger partial charge in [0.1, 0.15) is 9.84 Å². The normalized spacial score (nSPS) is 22.8. The number of hydrogen-bond donors (Lipinski definition) is 2. The Kier molecular flexibility index (Phi) is 8.63. The molecule has 2 N–H and O–H groups in total. The smallest absolute Gasteiger partial charge is 0.225 e. The number of piperazine rings is 1. The van der Waals surface area contributed by atoms with Crippen LogP contribution in [0.1, 0.15) is 59.3 Å². The van der Waals surface area contributed by atoms with Gasteiger partial charge in [-0.2, -0.15) is 0 Å². The highest BCUT2D eigenvalue weighted by atomic mass is 32.2. The summed E-state index contributed by atoms with van der Waals surface area (Å²) in [6.45, 7) is 11.7. The molecule has 3 aliphatic rings. The molecule has 0 spiro atoms. The lowest BCUT2D eigenvalue weighted by atomic mass is 9.85. The zero-order valence-electron chi connectivity index (χ0n) is 26.6. The quantitative estimate of drug-likeness (QED) is 0.412. The van der Waals surface area contributed by atoms with E-state index in [-0.39, 0.29) is 22.7 Å². The lowest BCUT2D eigenvalue weighted by Gasteiger charge is -2.43. The Morgan fingerprint density at radius 3 is 2.32 bits per heavy atom. The fraction of sp³-hybridized carbons (Fsp3) is 0.606. The number of anilines is 2. The number of hydrogen-bond acceptors (Lipinski definition) is 8. The third-order valence-corrected chi connectivity index (χ3v) is 11.6. The van der Waals surface area contributed by atoms with Crippen LogP contribution in [-0.2, 0) is 14.6 Å². The zero-order chi connectivity index (χ0) is 31.1. The third-order valence-electron chi connectivity index (χ3n) is 9.95. The van der Waals surface area contributed by atoms with Gasteiger partial charge in [-0.3, -0.25) is 9.69 Å². The van der Waals surface area contributed by atoms with Gasteiger partial charge in [0.15, 0.2) is 0 Å². The van der Waals surface area contributed by atoms with Crippen molar-refractivity contribution >= 4 is 38.3 Å². The van der Waals surface area contributed by atoms with Crippen molar-refractivity contribution in [2.24, 2.45) is 5.92 Å². The van der Waals surface area contributed by atoms with Crippen molar-refractivity contribution in [2.75, 3.05) is 55.7 Å². The predicted octanol–water partition coefficient (Wildman–Crippen LogP) is 4.55. The zero-order valence-corrected chi connectivity index (χ0v) is 27.4. The second-order valence-electron chi connectivity index (χ2n) is 13.9. The molecule has 4 heterocycles. The molecule has 1 saturated carbocycles. The first-order chi connectivity index (χ1) is 21.0. The van der Waals surface area contributed by atoms with E-state index in [0.29, 0.717) is 37.8 Å². The van der Waals surface area contributed by atoms with E-state index in [1.54, 1.807) is 6.20 Å². The minimum Gasteiger partial charge on any atom is -0.371 e. The van der Waals surface area contributed by atoms with Gasteiger partial charge < -0.3 is 20.1 Å². The maximum Gasteiger partial charge on any atom is 0.225 e. The second kappa shape index (κ2) is 12.3. The van der Waals surface area contributed by atoms with Gasteiger partial charge >= 0.3 is 0 Å². The second-order valence-corrected chi connectivity index (χ2v) is 16.2. The van der Waals surface area contributed by atoms with E-state index in [4.69, 9.17) is 4.98 Å². The number of carbonyl (C=O) groups excluding carboxylic acids is 1. The maximum atomic E-state index is 13.3. The van der Waals surface area contributed by atoms with Crippen LogP contribution in [0.15, 0.2) is 36.7 Å². The summed E-state index contributed by atoms with van der Waals surface area (Å²) in [6, 6.07) is 8.40. The maximum absolute atomic E-state index is 13.3. The fourth-order valence-corrected chi connectivity index (χ4v) is 8.32. The van der Waals surface area contributed by atoms with Crippen LogP contribution in [0.25, 0.3) is 22.2 Å².